The second kappa shape index (κ2) is 57.2. The minimum atomic E-state index is -0.496. The zero-order chi connectivity index (χ0) is 106. The Bertz CT molecular complexity index is 3530. The molecule has 0 saturated carbocycles. The van der Waals surface area contributed by atoms with Gasteiger partial charge in [-0.1, -0.05) is 208 Å². The molecule has 6 atom stereocenters. The number of likely N-dealkylation sites (N-methyl/N-ethyl adjacent to an activating group) is 1. The first-order valence-electron chi connectivity index (χ1n) is 52.3. The molecule has 9 heterocycles. The van der Waals surface area contributed by atoms with E-state index in [-0.39, 0.29) is 104 Å². The molecular formula is C109H209N13O15. The van der Waals surface area contributed by atoms with E-state index in [9.17, 15) is 52.7 Å². The Kier molecular flexibility index (Phi) is 53.7. The number of rotatable bonds is 13. The van der Waals surface area contributed by atoms with E-state index >= 15 is 0 Å². The second-order valence-electron chi connectivity index (χ2n) is 54.4. The van der Waals surface area contributed by atoms with E-state index in [1.54, 1.807) is 0 Å². The standard InChI is InChI=1S/2C15H28N2O3.C12H23NO2.2C12H23NO.C11H22N2O.C11H21NO2.C11H21NO.C10H20N2O/c2*1-14(2,3)9-12(18)17-8-7-11(10-17)16-13(19)20-15(4,5)6;1-12(2,3)7-11(15)13-6-4-5-10(8-13)9-14;1-11(2,3)8-10(14)13-7-6-12(4,5)9-13;1-10-6-5-7-13(9-10)11(14)8-12(2,3)4;1-11(2,3)9-10(14)13-7-5-12(4)6-8-13;1-11(2,3)7-10(14)12-6-4-5-9(12)8-13;1-9-6-5-7-12(9)10(13)8-11(2,3)4;1-10(2,3)8-9(13)12-6-4-11-5-7-12/h2*11H,7-10H2,1-6H3,(H,16,19);10,14H,4-9H2,1-3H3;6-9H2,1-5H3;10H,5-9H2,1-4H3;5-9H2,1-4H3;9,13H,4-8H2,1-3H3;9H,5-8H2,1-4H3;11H,4-8H2,1-3H3/t2*11-;;;;;9-;;/m10....1../s1. The molecule has 0 bridgehead atoms. The van der Waals surface area contributed by atoms with Crippen LogP contribution < -0.4 is 16.0 Å². The average Bonchev–Trinajstić information content (AvgIpc) is 1.69. The normalized spacial score (nSPS) is 21.3. The van der Waals surface area contributed by atoms with Gasteiger partial charge >= 0.3 is 12.2 Å². The van der Waals surface area contributed by atoms with Gasteiger partial charge < -0.3 is 84.6 Å². The molecule has 0 aromatic heterocycles. The minimum absolute atomic E-state index is 0.00577. The summed E-state index contributed by atoms with van der Waals surface area (Å²) in [5.74, 6) is 3.33. The van der Waals surface area contributed by atoms with Gasteiger partial charge in [0.2, 0.25) is 53.2 Å². The van der Waals surface area contributed by atoms with Gasteiger partial charge in [0.1, 0.15) is 11.2 Å². The van der Waals surface area contributed by atoms with Gasteiger partial charge in [-0.2, -0.15) is 0 Å². The van der Waals surface area contributed by atoms with Gasteiger partial charge in [-0.3, -0.25) is 43.2 Å². The predicted molar refractivity (Wildman–Crippen MR) is 557 cm³/mol. The predicted octanol–water partition coefficient (Wildman–Crippen LogP) is 18.0. The number of likely N-dealkylation sites (tertiary alicyclic amines) is 7. The number of piperazine rings is 2. The maximum Gasteiger partial charge on any atom is 0.407 e. The largest absolute Gasteiger partial charge is 0.444 e. The second-order valence-corrected chi connectivity index (χ2v) is 54.4. The van der Waals surface area contributed by atoms with Gasteiger partial charge in [0.25, 0.3) is 0 Å². The summed E-state index contributed by atoms with van der Waals surface area (Å²) >= 11 is 0. The molecule has 0 aliphatic carbocycles. The molecule has 0 spiro atoms. The summed E-state index contributed by atoms with van der Waals surface area (Å²) in [6, 6.07) is 0.530. The van der Waals surface area contributed by atoms with Crippen molar-refractivity contribution in [2.45, 2.75) is 420 Å². The highest BCUT2D eigenvalue weighted by molar-refractivity contribution is 5.81. The van der Waals surface area contributed by atoms with Crippen LogP contribution in [0.25, 0.3) is 0 Å². The topological polar surface area (TPSA) is 315 Å². The molecule has 9 aliphatic rings. The highest BCUT2D eigenvalue weighted by Gasteiger charge is 2.38. The van der Waals surface area contributed by atoms with Crippen molar-refractivity contribution >= 4 is 65.4 Å². The number of carbonyl (C=O) groups is 11. The number of carbonyl (C=O) groups excluding carboxylic acids is 11. The van der Waals surface area contributed by atoms with Crippen LogP contribution in [0.3, 0.4) is 0 Å². The average molecular weight is 1940 g/mol. The Morgan fingerprint density at radius 3 is 0.949 bits per heavy atom. The van der Waals surface area contributed by atoms with Crippen molar-refractivity contribution in [3.05, 3.63) is 0 Å². The van der Waals surface area contributed by atoms with Crippen LogP contribution in [0, 0.1) is 66.0 Å². The van der Waals surface area contributed by atoms with E-state index < -0.39 is 23.4 Å². The number of hydrogen-bond donors (Lipinski definition) is 5. The molecule has 28 nitrogen and oxygen atoms in total. The molecule has 28 heteroatoms. The maximum atomic E-state index is 12.1. The molecule has 800 valence electrons. The van der Waals surface area contributed by atoms with Crippen LogP contribution in [0.5, 0.6) is 0 Å². The van der Waals surface area contributed by atoms with E-state index in [0.29, 0.717) is 137 Å². The molecule has 0 aromatic rings. The molecule has 5 N–H and O–H groups in total. The summed E-state index contributed by atoms with van der Waals surface area (Å²) in [5.41, 5.74) is 0.0101. The Morgan fingerprint density at radius 2 is 0.628 bits per heavy atom. The Labute approximate surface area is 835 Å². The molecular weight excluding hydrogens is 1730 g/mol. The van der Waals surface area contributed by atoms with Gasteiger partial charge in [-0.05, 0) is 192 Å². The molecule has 9 aliphatic heterocycles. The number of amides is 11. The number of alkyl carbamates (subject to hydrolysis) is 2. The Morgan fingerprint density at radius 1 is 0.321 bits per heavy atom. The van der Waals surface area contributed by atoms with Gasteiger partial charge in [0, 0.05) is 201 Å². The SMILES string of the molecule is CC(C)(C)CC(=O)N1CCC(C)(C)C1.CC(C)(C)CC(=O)N1CCCC(CO)C1.CC(C)(C)CC(=O)N1CCC[C@@H]1CO.CC(C)(C)CC(=O)N1CCNCC1.CC(C)(C)CC(=O)N1CC[C@@H](NC(=O)OC(C)(C)C)C1.CC(C)(C)CC(=O)N1CC[C@H](NC(=O)OC(C)(C)C)C1.CC1CCCN(C(=O)CC(C)(C)C)C1.CC1CCCN1C(=O)CC(C)(C)C.CN1CCN(C(=O)CC(C)(C)C)CC1. The lowest BCUT2D eigenvalue weighted by atomic mass is 9.90. The molecule has 9 rings (SSSR count). The van der Waals surface area contributed by atoms with E-state index in [1.807, 2.05) is 85.6 Å². The van der Waals surface area contributed by atoms with Gasteiger partial charge in [-0.15, -0.1) is 0 Å². The van der Waals surface area contributed by atoms with Gasteiger partial charge in [0.05, 0.1) is 24.7 Å². The number of aliphatic hydroxyl groups excluding tert-OH is 2. The fourth-order valence-corrected chi connectivity index (χ4v) is 17.0. The van der Waals surface area contributed by atoms with Crippen molar-refractivity contribution in [2.24, 2.45) is 66.0 Å². The highest BCUT2D eigenvalue weighted by Crippen LogP contribution is 2.34. The monoisotopic (exact) mass is 1940 g/mol. The van der Waals surface area contributed by atoms with E-state index in [1.165, 1.54) is 25.7 Å². The van der Waals surface area contributed by atoms with Crippen LogP contribution >= 0.6 is 0 Å². The third kappa shape index (κ3) is 62.6. The highest BCUT2D eigenvalue weighted by atomic mass is 16.6. The summed E-state index contributed by atoms with van der Waals surface area (Å²) in [7, 11) is 2.10. The van der Waals surface area contributed by atoms with Crippen LogP contribution in [0.4, 0.5) is 9.59 Å². The first kappa shape index (κ1) is 129. The van der Waals surface area contributed by atoms with Crippen molar-refractivity contribution < 1.29 is 72.4 Å². The smallest absolute Gasteiger partial charge is 0.407 e. The third-order valence-electron chi connectivity index (χ3n) is 23.9. The Balaban J connectivity index is 0.000000774. The third-order valence-corrected chi connectivity index (χ3v) is 23.9. The fraction of sp³-hybridized carbons (Fsp3) is 0.899. The molecule has 0 aromatic carbocycles. The van der Waals surface area contributed by atoms with Crippen LogP contribution in [0.2, 0.25) is 0 Å². The van der Waals surface area contributed by atoms with Gasteiger partial charge in [-0.25, -0.2) is 9.59 Å². The zero-order valence-electron chi connectivity index (χ0n) is 94.8. The van der Waals surface area contributed by atoms with Crippen molar-refractivity contribution in [3.63, 3.8) is 0 Å². The molecule has 3 unspecified atom stereocenters. The lowest BCUT2D eigenvalue weighted by Crippen LogP contribution is -2.47. The molecule has 11 amide bonds. The summed E-state index contributed by atoms with van der Waals surface area (Å²) in [4.78, 5) is 150. The fourth-order valence-electron chi connectivity index (χ4n) is 17.0. The van der Waals surface area contributed by atoms with Crippen molar-refractivity contribution in [2.75, 3.05) is 151 Å². The number of piperidine rings is 2. The molecule has 9 fully saturated rings. The van der Waals surface area contributed by atoms with Crippen LogP contribution in [-0.4, -0.2) is 311 Å². The van der Waals surface area contributed by atoms with E-state index in [0.717, 1.165) is 150 Å². The van der Waals surface area contributed by atoms with Crippen LogP contribution in [0.15, 0.2) is 0 Å². The lowest BCUT2D eigenvalue weighted by molar-refractivity contribution is -0.136. The first-order chi connectivity index (χ1) is 62.1. The van der Waals surface area contributed by atoms with Crippen molar-refractivity contribution in [3.8, 4) is 0 Å². The minimum Gasteiger partial charge on any atom is -0.444 e. The summed E-state index contributed by atoms with van der Waals surface area (Å²) in [5, 5.41) is 27.1. The summed E-state index contributed by atoms with van der Waals surface area (Å²) in [6.45, 7) is 93.8. The first-order valence-corrected chi connectivity index (χ1v) is 52.3. The summed E-state index contributed by atoms with van der Waals surface area (Å²) < 4.78 is 10.4. The maximum absolute atomic E-state index is 12.1. The quantitative estimate of drug-likeness (QED) is 0.114. The number of nitrogens with zero attached hydrogens (tertiary/aromatic N) is 10. The van der Waals surface area contributed by atoms with E-state index in [2.05, 4.69) is 243 Å². The van der Waals surface area contributed by atoms with Crippen LogP contribution in [0.1, 0.15) is 385 Å². The van der Waals surface area contributed by atoms with Crippen molar-refractivity contribution in [1.29, 1.82) is 0 Å². The molecule has 137 heavy (non-hydrogen) atoms. The van der Waals surface area contributed by atoms with Gasteiger partial charge in [0.15, 0.2) is 0 Å². The number of hydrogen-bond acceptors (Lipinski definition) is 17. The Hall–Kier alpha value is -6.39. The van der Waals surface area contributed by atoms with Crippen LogP contribution in [-0.2, 0) is 52.6 Å². The molecule has 9 saturated heterocycles. The molecule has 0 radical (unpaired) electrons. The lowest BCUT2D eigenvalue weighted by Gasteiger charge is -2.34. The zero-order valence-corrected chi connectivity index (χ0v) is 94.8. The number of aliphatic hydroxyl groups is 2. The van der Waals surface area contributed by atoms with E-state index in [4.69, 9.17) is 19.7 Å². The van der Waals surface area contributed by atoms with Crippen molar-refractivity contribution in [1.82, 2.24) is 64.9 Å². The summed E-state index contributed by atoms with van der Waals surface area (Å²) in [6.07, 6.45) is 16.4. The number of ether oxygens (including phenoxy) is 2. The number of nitrogens with one attached hydrogen (secondary N) is 3.